The zero-order chi connectivity index (χ0) is 16.4. The number of ether oxygens (including phenoxy) is 1. The molecule has 0 radical (unpaired) electrons. The summed E-state index contributed by atoms with van der Waals surface area (Å²) in [5.41, 5.74) is 0. The number of hydrogen-bond acceptors (Lipinski definition) is 3. The van der Waals surface area contributed by atoms with Gasteiger partial charge in [0.25, 0.3) is 0 Å². The Kier molecular flexibility index (Phi) is 8.28. The number of hydrogen-bond donors (Lipinski definition) is 2. The van der Waals surface area contributed by atoms with Crippen molar-refractivity contribution in [1.82, 2.24) is 15.5 Å². The second-order valence-corrected chi connectivity index (χ2v) is 5.16. The molecule has 0 fully saturated rings. The highest BCUT2D eigenvalue weighted by molar-refractivity contribution is 5.79. The van der Waals surface area contributed by atoms with Crippen LogP contribution in [0.1, 0.15) is 13.8 Å². The summed E-state index contributed by atoms with van der Waals surface area (Å²) in [7, 11) is 3.81. The van der Waals surface area contributed by atoms with Crippen molar-refractivity contribution in [2.75, 3.05) is 40.3 Å². The third-order valence-corrected chi connectivity index (χ3v) is 3.24. The van der Waals surface area contributed by atoms with Gasteiger partial charge in [0.2, 0.25) is 0 Å². The molecule has 0 aromatic heterocycles. The lowest BCUT2D eigenvalue weighted by Crippen LogP contribution is -2.44. The number of halogens is 1. The van der Waals surface area contributed by atoms with E-state index < -0.39 is 0 Å². The number of rotatable bonds is 8. The first-order valence-electron chi connectivity index (χ1n) is 7.60. The predicted octanol–water partition coefficient (Wildman–Crippen LogP) is 1.71. The van der Waals surface area contributed by atoms with E-state index in [0.29, 0.717) is 12.3 Å². The molecule has 1 aromatic rings. The molecule has 0 spiro atoms. The second kappa shape index (κ2) is 10.00. The van der Waals surface area contributed by atoms with Gasteiger partial charge in [-0.3, -0.25) is 4.99 Å². The Morgan fingerprint density at radius 2 is 2.18 bits per heavy atom. The molecule has 1 atom stereocenters. The zero-order valence-corrected chi connectivity index (χ0v) is 13.9. The molecule has 0 aliphatic carbocycles. The lowest BCUT2D eigenvalue weighted by Gasteiger charge is -2.19. The molecule has 0 aliphatic heterocycles. The molecule has 1 rings (SSSR count). The van der Waals surface area contributed by atoms with Gasteiger partial charge in [0.15, 0.2) is 5.96 Å². The largest absolute Gasteiger partial charge is 0.489 e. The van der Waals surface area contributed by atoms with Gasteiger partial charge in [-0.05, 0) is 32.6 Å². The number of nitrogens with zero attached hydrogens (tertiary/aromatic N) is 2. The summed E-state index contributed by atoms with van der Waals surface area (Å²) in [4.78, 5) is 6.38. The molecule has 6 heteroatoms. The zero-order valence-electron chi connectivity index (χ0n) is 13.9. The molecule has 22 heavy (non-hydrogen) atoms. The molecule has 1 aromatic carbocycles. The van der Waals surface area contributed by atoms with Crippen LogP contribution < -0.4 is 15.4 Å². The Hall–Kier alpha value is -1.82. The highest BCUT2D eigenvalue weighted by atomic mass is 19.1. The van der Waals surface area contributed by atoms with Crippen LogP contribution in [-0.2, 0) is 0 Å². The van der Waals surface area contributed by atoms with Crippen LogP contribution in [0, 0.1) is 5.82 Å². The van der Waals surface area contributed by atoms with Crippen LogP contribution in [0.2, 0.25) is 0 Å². The first-order valence-corrected chi connectivity index (χ1v) is 7.60. The van der Waals surface area contributed by atoms with E-state index >= 15 is 0 Å². The van der Waals surface area contributed by atoms with Crippen molar-refractivity contribution < 1.29 is 9.13 Å². The number of nitrogens with one attached hydrogen (secondary N) is 2. The van der Waals surface area contributed by atoms with E-state index in [1.807, 2.05) is 6.92 Å². The van der Waals surface area contributed by atoms with Crippen molar-refractivity contribution in [3.8, 4) is 5.75 Å². The van der Waals surface area contributed by atoms with Crippen molar-refractivity contribution in [2.24, 2.45) is 4.99 Å². The van der Waals surface area contributed by atoms with Gasteiger partial charge in [0, 0.05) is 26.2 Å². The minimum atomic E-state index is -0.296. The Morgan fingerprint density at radius 3 is 2.82 bits per heavy atom. The molecule has 0 saturated carbocycles. The Morgan fingerprint density at radius 1 is 1.41 bits per heavy atom. The van der Waals surface area contributed by atoms with Gasteiger partial charge in [0.05, 0.1) is 6.54 Å². The van der Waals surface area contributed by atoms with Crippen molar-refractivity contribution in [2.45, 2.75) is 20.0 Å². The van der Waals surface area contributed by atoms with Gasteiger partial charge >= 0.3 is 0 Å². The monoisotopic (exact) mass is 310 g/mol. The van der Waals surface area contributed by atoms with Crippen LogP contribution in [0.25, 0.3) is 0 Å². The summed E-state index contributed by atoms with van der Waals surface area (Å²) in [5, 5.41) is 6.44. The van der Waals surface area contributed by atoms with Crippen molar-refractivity contribution in [1.29, 1.82) is 0 Å². The first kappa shape index (κ1) is 18.2. The number of benzene rings is 1. The Labute approximate surface area is 132 Å². The molecule has 0 heterocycles. The van der Waals surface area contributed by atoms with Crippen LogP contribution in [0.3, 0.4) is 0 Å². The SMILES string of the molecule is CCN(C)CCNC(=NC)NCC(C)Oc1cccc(F)c1. The average molecular weight is 310 g/mol. The fraction of sp³-hybridized carbons (Fsp3) is 0.562. The highest BCUT2D eigenvalue weighted by Gasteiger charge is 2.06. The van der Waals surface area contributed by atoms with Crippen LogP contribution in [0.5, 0.6) is 5.75 Å². The lowest BCUT2D eigenvalue weighted by molar-refractivity contribution is 0.223. The highest BCUT2D eigenvalue weighted by Crippen LogP contribution is 2.13. The topological polar surface area (TPSA) is 48.9 Å². The van der Waals surface area contributed by atoms with Gasteiger partial charge in [0.1, 0.15) is 17.7 Å². The molecular formula is C16H27FN4O. The maximum Gasteiger partial charge on any atom is 0.191 e. The molecular weight excluding hydrogens is 283 g/mol. The van der Waals surface area contributed by atoms with Crippen molar-refractivity contribution in [3.63, 3.8) is 0 Å². The fourth-order valence-corrected chi connectivity index (χ4v) is 1.80. The molecule has 0 saturated heterocycles. The minimum Gasteiger partial charge on any atom is -0.489 e. The molecule has 2 N–H and O–H groups in total. The van der Waals surface area contributed by atoms with Crippen molar-refractivity contribution in [3.05, 3.63) is 30.1 Å². The van der Waals surface area contributed by atoms with Crippen LogP contribution in [0.4, 0.5) is 4.39 Å². The quantitative estimate of drug-likeness (QED) is 0.567. The van der Waals surface area contributed by atoms with E-state index in [9.17, 15) is 4.39 Å². The van der Waals surface area contributed by atoms with Crippen molar-refractivity contribution >= 4 is 5.96 Å². The standard InChI is InChI=1S/C16H27FN4O/c1-5-21(4)10-9-19-16(18-3)20-12-13(2)22-15-8-6-7-14(17)11-15/h6-8,11,13H,5,9-10,12H2,1-4H3,(H2,18,19,20). The van der Waals surface area contributed by atoms with E-state index in [2.05, 4.69) is 34.5 Å². The summed E-state index contributed by atoms with van der Waals surface area (Å²) >= 11 is 0. The molecule has 1 unspecified atom stereocenters. The summed E-state index contributed by atoms with van der Waals surface area (Å²) < 4.78 is 18.7. The van der Waals surface area contributed by atoms with Crippen LogP contribution in [-0.4, -0.2) is 57.2 Å². The van der Waals surface area contributed by atoms with E-state index in [-0.39, 0.29) is 11.9 Å². The van der Waals surface area contributed by atoms with Crippen LogP contribution in [0.15, 0.2) is 29.3 Å². The third kappa shape index (κ3) is 7.26. The van der Waals surface area contributed by atoms with Gasteiger partial charge in [-0.15, -0.1) is 0 Å². The van der Waals surface area contributed by atoms with Gasteiger partial charge in [-0.2, -0.15) is 0 Å². The molecule has 0 amide bonds. The summed E-state index contributed by atoms with van der Waals surface area (Å²) in [6.07, 6.45) is -0.0985. The average Bonchev–Trinajstić information content (AvgIpc) is 2.50. The molecule has 0 aliphatic rings. The van der Waals surface area contributed by atoms with E-state index in [1.54, 1.807) is 19.2 Å². The van der Waals surface area contributed by atoms with E-state index in [0.717, 1.165) is 25.6 Å². The Balaban J connectivity index is 2.30. The summed E-state index contributed by atoms with van der Waals surface area (Å²) in [6, 6.07) is 6.15. The van der Waals surface area contributed by atoms with Gasteiger partial charge < -0.3 is 20.3 Å². The molecule has 124 valence electrons. The van der Waals surface area contributed by atoms with Gasteiger partial charge in [-0.25, -0.2) is 4.39 Å². The maximum absolute atomic E-state index is 13.1. The summed E-state index contributed by atoms with van der Waals surface area (Å²) in [6.45, 7) is 7.43. The van der Waals surface area contributed by atoms with E-state index in [1.165, 1.54) is 12.1 Å². The third-order valence-electron chi connectivity index (χ3n) is 3.24. The smallest absolute Gasteiger partial charge is 0.191 e. The Bertz CT molecular complexity index is 467. The van der Waals surface area contributed by atoms with E-state index in [4.69, 9.17) is 4.74 Å². The number of likely N-dealkylation sites (N-methyl/N-ethyl adjacent to an activating group) is 1. The molecule has 0 bridgehead atoms. The predicted molar refractivity (Wildman–Crippen MR) is 89.0 cm³/mol. The summed E-state index contributed by atoms with van der Waals surface area (Å²) in [5.74, 6) is 0.969. The fourth-order valence-electron chi connectivity index (χ4n) is 1.80. The number of guanidine groups is 1. The molecule has 5 nitrogen and oxygen atoms in total. The maximum atomic E-state index is 13.1. The first-order chi connectivity index (χ1) is 10.5. The lowest BCUT2D eigenvalue weighted by atomic mass is 10.3. The minimum absolute atomic E-state index is 0.0985. The normalized spacial score (nSPS) is 13.1. The second-order valence-electron chi connectivity index (χ2n) is 5.16. The van der Waals surface area contributed by atoms with Gasteiger partial charge in [-0.1, -0.05) is 13.0 Å². The number of aliphatic imine (C=N–C) groups is 1. The van der Waals surface area contributed by atoms with Crippen LogP contribution >= 0.6 is 0 Å².